The molecule has 21 heavy (non-hydrogen) atoms. The highest BCUT2D eigenvalue weighted by Gasteiger charge is 2.16. The summed E-state index contributed by atoms with van der Waals surface area (Å²) in [5.74, 6) is -1.66. The summed E-state index contributed by atoms with van der Waals surface area (Å²) in [5, 5.41) is 19.9. The van der Waals surface area contributed by atoms with Gasteiger partial charge in [-0.1, -0.05) is 26.7 Å². The Bertz CT molecular complexity index is 344. The van der Waals surface area contributed by atoms with Gasteiger partial charge in [0.25, 0.3) is 0 Å². The van der Waals surface area contributed by atoms with Gasteiger partial charge < -0.3 is 20.4 Å². The molecule has 3 N–H and O–H groups in total. The van der Waals surface area contributed by atoms with Crippen LogP contribution in [0.5, 0.6) is 0 Å². The topological polar surface area (TPSA) is 107 Å². The standard InChI is InChI=1S/C14H26N2O5/c1-11(2)5-3-4-6-12(17)16(10-14(20)21)8-7-15-9-13(18)19/h11,15H,3-10H2,1-2H3,(H,18,19)(H,20,21). The molecule has 1 amide bonds. The highest BCUT2D eigenvalue weighted by atomic mass is 16.4. The van der Waals surface area contributed by atoms with E-state index in [1.165, 1.54) is 4.90 Å². The number of rotatable bonds is 12. The number of aliphatic carboxylic acids is 2. The van der Waals surface area contributed by atoms with E-state index in [0.717, 1.165) is 19.3 Å². The summed E-state index contributed by atoms with van der Waals surface area (Å²) in [7, 11) is 0. The molecule has 122 valence electrons. The first-order chi connectivity index (χ1) is 9.82. The molecule has 0 rings (SSSR count). The van der Waals surface area contributed by atoms with Crippen LogP contribution in [0.3, 0.4) is 0 Å². The van der Waals surface area contributed by atoms with Crippen LogP contribution in [0, 0.1) is 5.92 Å². The van der Waals surface area contributed by atoms with Gasteiger partial charge in [0, 0.05) is 19.5 Å². The average Bonchev–Trinajstić information content (AvgIpc) is 2.37. The Balaban J connectivity index is 4.10. The zero-order valence-electron chi connectivity index (χ0n) is 12.8. The quantitative estimate of drug-likeness (QED) is 0.460. The Morgan fingerprint density at radius 1 is 1.10 bits per heavy atom. The van der Waals surface area contributed by atoms with E-state index in [-0.39, 0.29) is 32.1 Å². The number of nitrogens with one attached hydrogen (secondary N) is 1. The van der Waals surface area contributed by atoms with Gasteiger partial charge in [-0.05, 0) is 12.3 Å². The van der Waals surface area contributed by atoms with Crippen LogP contribution in [0.1, 0.15) is 39.5 Å². The van der Waals surface area contributed by atoms with Crippen LogP contribution in [0.25, 0.3) is 0 Å². The Morgan fingerprint density at radius 3 is 2.29 bits per heavy atom. The summed E-state index contributed by atoms with van der Waals surface area (Å²) in [6.07, 6.45) is 3.07. The summed E-state index contributed by atoms with van der Waals surface area (Å²) >= 11 is 0. The largest absolute Gasteiger partial charge is 0.480 e. The van der Waals surface area contributed by atoms with Crippen LogP contribution >= 0.6 is 0 Å². The van der Waals surface area contributed by atoms with Gasteiger partial charge in [-0.15, -0.1) is 0 Å². The van der Waals surface area contributed by atoms with Crippen molar-refractivity contribution >= 4 is 17.8 Å². The third-order valence-electron chi connectivity index (χ3n) is 2.94. The minimum atomic E-state index is -1.07. The number of carboxylic acids is 2. The Hall–Kier alpha value is -1.63. The molecule has 0 bridgehead atoms. The van der Waals surface area contributed by atoms with E-state index in [0.29, 0.717) is 12.3 Å². The van der Waals surface area contributed by atoms with Crippen LogP contribution in [-0.2, 0) is 14.4 Å². The molecule has 0 saturated carbocycles. The van der Waals surface area contributed by atoms with Gasteiger partial charge in [0.2, 0.25) is 5.91 Å². The number of unbranched alkanes of at least 4 members (excludes halogenated alkanes) is 1. The Labute approximate surface area is 125 Å². The van der Waals surface area contributed by atoms with Gasteiger partial charge in [-0.2, -0.15) is 0 Å². The first kappa shape index (κ1) is 19.4. The van der Waals surface area contributed by atoms with Crippen molar-refractivity contribution in [2.45, 2.75) is 39.5 Å². The van der Waals surface area contributed by atoms with Crippen molar-refractivity contribution < 1.29 is 24.6 Å². The zero-order valence-corrected chi connectivity index (χ0v) is 12.8. The maximum absolute atomic E-state index is 12.0. The maximum atomic E-state index is 12.0. The number of carboxylic acid groups (broad SMARTS) is 2. The average molecular weight is 302 g/mol. The number of hydrogen-bond acceptors (Lipinski definition) is 4. The Kier molecular flexibility index (Phi) is 10.2. The van der Waals surface area contributed by atoms with E-state index in [2.05, 4.69) is 19.2 Å². The number of carbonyl (C=O) groups excluding carboxylic acids is 1. The van der Waals surface area contributed by atoms with Crippen molar-refractivity contribution in [2.75, 3.05) is 26.2 Å². The lowest BCUT2D eigenvalue weighted by atomic mass is 10.1. The molecule has 0 atom stereocenters. The number of hydrogen-bond donors (Lipinski definition) is 3. The zero-order chi connectivity index (χ0) is 16.3. The molecule has 0 spiro atoms. The fourth-order valence-electron chi connectivity index (χ4n) is 1.85. The highest BCUT2D eigenvalue weighted by molar-refractivity contribution is 5.81. The third-order valence-corrected chi connectivity index (χ3v) is 2.94. The monoisotopic (exact) mass is 302 g/mol. The number of carbonyl (C=O) groups is 3. The van der Waals surface area contributed by atoms with Gasteiger partial charge in [-0.3, -0.25) is 14.4 Å². The molecule has 0 aromatic carbocycles. The summed E-state index contributed by atoms with van der Waals surface area (Å²) in [4.78, 5) is 34.3. The van der Waals surface area contributed by atoms with Crippen molar-refractivity contribution in [1.82, 2.24) is 10.2 Å². The first-order valence-electron chi connectivity index (χ1n) is 7.25. The van der Waals surface area contributed by atoms with Crippen molar-refractivity contribution in [3.8, 4) is 0 Å². The molecule has 0 heterocycles. The molecule has 0 aromatic rings. The molecule has 0 aromatic heterocycles. The van der Waals surface area contributed by atoms with E-state index in [4.69, 9.17) is 10.2 Å². The lowest BCUT2D eigenvalue weighted by molar-refractivity contribution is -0.144. The predicted octanol–water partition coefficient (Wildman–Crippen LogP) is 0.790. The van der Waals surface area contributed by atoms with Crippen LogP contribution in [0.2, 0.25) is 0 Å². The summed E-state index contributed by atoms with van der Waals surface area (Å²) in [6.45, 7) is 4.14. The summed E-state index contributed by atoms with van der Waals surface area (Å²) in [6, 6.07) is 0. The molecular formula is C14H26N2O5. The molecule has 0 aliphatic carbocycles. The van der Waals surface area contributed by atoms with Crippen LogP contribution in [0.4, 0.5) is 0 Å². The molecule has 0 radical (unpaired) electrons. The summed E-state index contributed by atoms with van der Waals surface area (Å²) in [5.41, 5.74) is 0. The van der Waals surface area contributed by atoms with E-state index in [1.54, 1.807) is 0 Å². The Morgan fingerprint density at radius 2 is 1.76 bits per heavy atom. The second-order valence-corrected chi connectivity index (χ2v) is 5.42. The molecular weight excluding hydrogens is 276 g/mol. The maximum Gasteiger partial charge on any atom is 0.323 e. The van der Waals surface area contributed by atoms with E-state index in [1.807, 2.05) is 0 Å². The molecule has 0 saturated heterocycles. The SMILES string of the molecule is CC(C)CCCCC(=O)N(CCNCC(=O)O)CC(=O)O. The molecule has 0 aliphatic heterocycles. The van der Waals surface area contributed by atoms with Gasteiger partial charge >= 0.3 is 11.9 Å². The normalized spacial score (nSPS) is 10.6. The molecule has 0 unspecified atom stereocenters. The van der Waals surface area contributed by atoms with Gasteiger partial charge in [0.15, 0.2) is 0 Å². The van der Waals surface area contributed by atoms with Crippen molar-refractivity contribution in [2.24, 2.45) is 5.92 Å². The van der Waals surface area contributed by atoms with Crippen LogP contribution in [0.15, 0.2) is 0 Å². The molecule has 0 fully saturated rings. The lowest BCUT2D eigenvalue weighted by Gasteiger charge is -2.21. The van der Waals surface area contributed by atoms with Crippen LogP contribution in [-0.4, -0.2) is 59.1 Å². The lowest BCUT2D eigenvalue weighted by Crippen LogP contribution is -2.40. The second kappa shape index (κ2) is 11.1. The third kappa shape index (κ3) is 11.9. The van der Waals surface area contributed by atoms with E-state index < -0.39 is 11.9 Å². The van der Waals surface area contributed by atoms with Crippen molar-refractivity contribution in [3.63, 3.8) is 0 Å². The molecule has 7 heteroatoms. The van der Waals surface area contributed by atoms with Gasteiger partial charge in [-0.25, -0.2) is 0 Å². The van der Waals surface area contributed by atoms with E-state index >= 15 is 0 Å². The van der Waals surface area contributed by atoms with Gasteiger partial charge in [0.05, 0.1) is 6.54 Å². The highest BCUT2D eigenvalue weighted by Crippen LogP contribution is 2.09. The number of nitrogens with zero attached hydrogens (tertiary/aromatic N) is 1. The fraction of sp³-hybridized carbons (Fsp3) is 0.786. The van der Waals surface area contributed by atoms with Crippen molar-refractivity contribution in [3.05, 3.63) is 0 Å². The fourth-order valence-corrected chi connectivity index (χ4v) is 1.85. The number of amides is 1. The van der Waals surface area contributed by atoms with Crippen LogP contribution < -0.4 is 5.32 Å². The second-order valence-electron chi connectivity index (χ2n) is 5.42. The van der Waals surface area contributed by atoms with Crippen molar-refractivity contribution in [1.29, 1.82) is 0 Å². The molecule has 0 aliphatic rings. The van der Waals surface area contributed by atoms with Gasteiger partial charge in [0.1, 0.15) is 6.54 Å². The minimum absolute atomic E-state index is 0.196. The minimum Gasteiger partial charge on any atom is -0.480 e. The summed E-state index contributed by atoms with van der Waals surface area (Å²) < 4.78 is 0. The first-order valence-corrected chi connectivity index (χ1v) is 7.25. The molecule has 7 nitrogen and oxygen atoms in total. The smallest absolute Gasteiger partial charge is 0.323 e. The predicted molar refractivity (Wildman–Crippen MR) is 78.0 cm³/mol. The van der Waals surface area contributed by atoms with E-state index in [9.17, 15) is 14.4 Å².